The van der Waals surface area contributed by atoms with Gasteiger partial charge in [0.15, 0.2) is 0 Å². The Hall–Kier alpha value is 0.430. The Labute approximate surface area is 131 Å². The molecule has 1 N–H and O–H groups in total. The van der Waals surface area contributed by atoms with Gasteiger partial charge < -0.3 is 5.32 Å². The molecule has 1 aliphatic rings. The van der Waals surface area contributed by atoms with Crippen LogP contribution in [0.15, 0.2) is 16.6 Å². The van der Waals surface area contributed by atoms with Crippen molar-refractivity contribution in [1.82, 2.24) is 0 Å². The van der Waals surface area contributed by atoms with E-state index in [9.17, 15) is 0 Å². The van der Waals surface area contributed by atoms with E-state index in [1.54, 1.807) is 0 Å². The van der Waals surface area contributed by atoms with Crippen LogP contribution in [0.1, 0.15) is 20.3 Å². The van der Waals surface area contributed by atoms with Crippen LogP contribution in [0.25, 0.3) is 0 Å². The second kappa shape index (κ2) is 5.82. The number of hydrogen-bond acceptors (Lipinski definition) is 2. The van der Waals surface area contributed by atoms with E-state index in [0.29, 0.717) is 21.5 Å². The van der Waals surface area contributed by atoms with Crippen LogP contribution in [0.2, 0.25) is 10.0 Å². The van der Waals surface area contributed by atoms with E-state index in [-0.39, 0.29) is 0 Å². The zero-order valence-electron chi connectivity index (χ0n) is 10.4. The van der Waals surface area contributed by atoms with E-state index in [0.717, 1.165) is 22.3 Å². The van der Waals surface area contributed by atoms with Gasteiger partial charge in [0.1, 0.15) is 0 Å². The first-order chi connectivity index (χ1) is 8.39. The fraction of sp³-hybridized carbons (Fsp3) is 0.538. The third kappa shape index (κ3) is 3.50. The first-order valence-corrected chi connectivity index (χ1v) is 8.57. The summed E-state index contributed by atoms with van der Waals surface area (Å²) in [6.07, 6.45) is 1.16. The molecule has 5 heteroatoms. The molecule has 100 valence electrons. The minimum Gasteiger partial charge on any atom is -0.380 e. The number of hydrogen-bond donors (Lipinski definition) is 1. The average Bonchev–Trinajstić information content (AvgIpc) is 2.29. The lowest BCUT2D eigenvalue weighted by Gasteiger charge is -2.35. The zero-order chi connectivity index (χ0) is 13.3. The molecule has 0 saturated carbocycles. The minimum atomic E-state index is 0.381. The van der Waals surface area contributed by atoms with Gasteiger partial charge in [-0.1, -0.05) is 37.0 Å². The second-order valence-electron chi connectivity index (χ2n) is 5.45. The number of halogens is 3. The molecule has 0 bridgehead atoms. The molecule has 1 unspecified atom stereocenters. The van der Waals surface area contributed by atoms with Crippen LogP contribution in [-0.2, 0) is 0 Å². The summed E-state index contributed by atoms with van der Waals surface area (Å²) in [5.41, 5.74) is 1.31. The maximum Gasteiger partial charge on any atom is 0.0835 e. The van der Waals surface area contributed by atoms with Crippen molar-refractivity contribution in [3.8, 4) is 0 Å². The molecule has 0 spiro atoms. The van der Waals surface area contributed by atoms with Crippen LogP contribution in [0, 0.1) is 5.41 Å². The van der Waals surface area contributed by atoms with Crippen molar-refractivity contribution >= 4 is 56.6 Å². The zero-order valence-corrected chi connectivity index (χ0v) is 14.3. The van der Waals surface area contributed by atoms with E-state index >= 15 is 0 Å². The molecule has 2 rings (SSSR count). The number of rotatable bonds is 2. The highest BCUT2D eigenvalue weighted by Crippen LogP contribution is 2.39. The molecule has 1 saturated heterocycles. The molecule has 18 heavy (non-hydrogen) atoms. The van der Waals surface area contributed by atoms with Crippen molar-refractivity contribution in [2.24, 2.45) is 5.41 Å². The lowest BCUT2D eigenvalue weighted by molar-refractivity contribution is 0.358. The standard InChI is InChI=1S/C13H16BrCl2NS/c1-13(2)5-8(6-18-7-13)17-10-4-3-9(14)11(15)12(10)16/h3-4,8,17H,5-7H2,1-2H3. The average molecular weight is 369 g/mol. The smallest absolute Gasteiger partial charge is 0.0835 e. The molecule has 1 nitrogen and oxygen atoms in total. The van der Waals surface area contributed by atoms with Gasteiger partial charge >= 0.3 is 0 Å². The summed E-state index contributed by atoms with van der Waals surface area (Å²) in [7, 11) is 0. The third-order valence-corrected chi connectivity index (χ3v) is 6.40. The Morgan fingerprint density at radius 3 is 2.72 bits per heavy atom. The highest BCUT2D eigenvalue weighted by atomic mass is 79.9. The summed E-state index contributed by atoms with van der Waals surface area (Å²) < 4.78 is 0.832. The summed E-state index contributed by atoms with van der Waals surface area (Å²) in [6.45, 7) is 4.62. The first kappa shape index (κ1) is 14.8. The Morgan fingerprint density at radius 2 is 2.06 bits per heavy atom. The maximum atomic E-state index is 6.26. The van der Waals surface area contributed by atoms with Crippen molar-refractivity contribution in [1.29, 1.82) is 0 Å². The molecule has 1 fully saturated rings. The Kier molecular flexibility index (Phi) is 4.80. The number of benzene rings is 1. The van der Waals surface area contributed by atoms with Crippen LogP contribution in [-0.4, -0.2) is 17.5 Å². The largest absolute Gasteiger partial charge is 0.380 e. The third-order valence-electron chi connectivity index (χ3n) is 3.01. The molecule has 1 aromatic rings. The van der Waals surface area contributed by atoms with E-state index in [2.05, 4.69) is 35.1 Å². The van der Waals surface area contributed by atoms with Crippen LogP contribution in [0.5, 0.6) is 0 Å². The summed E-state index contributed by atoms with van der Waals surface area (Å²) in [5, 5.41) is 4.68. The molecular weight excluding hydrogens is 353 g/mol. The van der Waals surface area contributed by atoms with Gasteiger partial charge in [-0.3, -0.25) is 0 Å². The Balaban J connectivity index is 2.12. The van der Waals surface area contributed by atoms with E-state index < -0.39 is 0 Å². The van der Waals surface area contributed by atoms with Gasteiger partial charge in [0.05, 0.1) is 15.7 Å². The SMILES string of the molecule is CC1(C)CSCC(Nc2ccc(Br)c(Cl)c2Cl)C1. The van der Waals surface area contributed by atoms with Gasteiger partial charge in [-0.25, -0.2) is 0 Å². The fourth-order valence-corrected chi connectivity index (χ4v) is 4.32. The number of thioether (sulfide) groups is 1. The predicted molar refractivity (Wildman–Crippen MR) is 87.3 cm³/mol. The maximum absolute atomic E-state index is 6.26. The van der Waals surface area contributed by atoms with Crippen LogP contribution >= 0.6 is 50.9 Å². The number of anilines is 1. The summed E-state index contributed by atoms with van der Waals surface area (Å²) in [4.78, 5) is 0. The topological polar surface area (TPSA) is 12.0 Å². The van der Waals surface area contributed by atoms with Crippen molar-refractivity contribution in [2.75, 3.05) is 16.8 Å². The molecule has 0 radical (unpaired) electrons. The van der Waals surface area contributed by atoms with Crippen LogP contribution in [0.4, 0.5) is 5.69 Å². The van der Waals surface area contributed by atoms with Gasteiger partial charge in [-0.2, -0.15) is 11.8 Å². The lowest BCUT2D eigenvalue weighted by Crippen LogP contribution is -2.35. The van der Waals surface area contributed by atoms with Crippen molar-refractivity contribution in [3.05, 3.63) is 26.7 Å². The highest BCUT2D eigenvalue weighted by Gasteiger charge is 2.28. The van der Waals surface area contributed by atoms with Gasteiger partial charge in [0.25, 0.3) is 0 Å². The van der Waals surface area contributed by atoms with Crippen molar-refractivity contribution < 1.29 is 0 Å². The minimum absolute atomic E-state index is 0.381. The quantitative estimate of drug-likeness (QED) is 0.672. The molecule has 1 aliphatic heterocycles. The molecular formula is C13H16BrCl2NS. The molecule has 0 aromatic heterocycles. The van der Waals surface area contributed by atoms with E-state index in [4.69, 9.17) is 23.2 Å². The normalized spacial score (nSPS) is 22.8. The van der Waals surface area contributed by atoms with Gasteiger partial charge in [-0.15, -0.1) is 0 Å². The Morgan fingerprint density at radius 1 is 1.33 bits per heavy atom. The van der Waals surface area contributed by atoms with Crippen LogP contribution < -0.4 is 5.32 Å². The van der Waals surface area contributed by atoms with Crippen molar-refractivity contribution in [2.45, 2.75) is 26.3 Å². The molecule has 1 atom stereocenters. The van der Waals surface area contributed by atoms with Crippen LogP contribution in [0.3, 0.4) is 0 Å². The summed E-state index contributed by atoms with van der Waals surface area (Å²) in [6, 6.07) is 4.36. The number of nitrogens with one attached hydrogen (secondary N) is 1. The molecule has 0 aliphatic carbocycles. The summed E-state index contributed by atoms with van der Waals surface area (Å²) >= 11 is 17.8. The van der Waals surface area contributed by atoms with E-state index in [1.165, 1.54) is 5.75 Å². The van der Waals surface area contributed by atoms with Gasteiger partial charge in [0, 0.05) is 16.3 Å². The van der Waals surface area contributed by atoms with Crippen molar-refractivity contribution in [3.63, 3.8) is 0 Å². The molecule has 1 heterocycles. The van der Waals surface area contributed by atoms with E-state index in [1.807, 2.05) is 23.9 Å². The molecule has 0 amide bonds. The van der Waals surface area contributed by atoms with Gasteiger partial charge in [-0.05, 0) is 45.7 Å². The predicted octanol–water partition coefficient (Wildman–Crippen LogP) is 5.70. The Bertz CT molecular complexity index is 451. The lowest BCUT2D eigenvalue weighted by atomic mass is 9.88. The summed E-state index contributed by atoms with van der Waals surface area (Å²) in [5.74, 6) is 2.34. The fourth-order valence-electron chi connectivity index (χ4n) is 2.21. The second-order valence-corrected chi connectivity index (χ2v) is 8.09. The molecule has 1 aromatic carbocycles. The first-order valence-electron chi connectivity index (χ1n) is 5.87. The highest BCUT2D eigenvalue weighted by molar-refractivity contribution is 9.10. The van der Waals surface area contributed by atoms with Gasteiger partial charge in [0.2, 0.25) is 0 Å². The monoisotopic (exact) mass is 367 g/mol.